The minimum atomic E-state index is -3.92. The molecule has 3 heterocycles. The van der Waals surface area contributed by atoms with Gasteiger partial charge in [-0.2, -0.15) is 15.1 Å². The molecule has 0 saturated heterocycles. The van der Waals surface area contributed by atoms with Crippen LogP contribution in [-0.4, -0.2) is 43.2 Å². The number of nitrogens with one attached hydrogen (secondary N) is 2. The van der Waals surface area contributed by atoms with Gasteiger partial charge in [-0.05, 0) is 50.1 Å². The predicted molar refractivity (Wildman–Crippen MR) is 153 cm³/mol. The summed E-state index contributed by atoms with van der Waals surface area (Å²) in [5, 5.41) is 20.1. The first kappa shape index (κ1) is 26.9. The van der Waals surface area contributed by atoms with Crippen molar-refractivity contribution < 1.29 is 18.3 Å². The zero-order valence-corrected chi connectivity index (χ0v) is 22.7. The van der Waals surface area contributed by atoms with E-state index in [9.17, 15) is 13.2 Å². The number of carboxylic acid groups (broad SMARTS) is 1. The predicted octanol–water partition coefficient (Wildman–Crippen LogP) is 5.31. The molecular weight excluding hydrogens is 530 g/mol. The average Bonchev–Trinajstić information content (AvgIpc) is 3.57. The van der Waals surface area contributed by atoms with Crippen molar-refractivity contribution in [2.45, 2.75) is 44.0 Å². The molecule has 0 aliphatic rings. The second-order valence-corrected chi connectivity index (χ2v) is 11.2. The molecule has 3 N–H and O–H groups in total. The number of aliphatic carboxylic acids is 1. The molecule has 0 atom stereocenters. The molecule has 0 aliphatic carbocycles. The van der Waals surface area contributed by atoms with Crippen LogP contribution in [0.2, 0.25) is 0 Å². The molecule has 12 heteroatoms. The first-order valence-corrected chi connectivity index (χ1v) is 14.3. The average molecular weight is 560 g/mol. The number of rotatable bonds is 12. The van der Waals surface area contributed by atoms with Gasteiger partial charge in [0.25, 0.3) is 10.0 Å². The lowest BCUT2D eigenvalue weighted by Gasteiger charge is -2.12. The molecule has 40 heavy (non-hydrogen) atoms. The number of carboxylic acids is 1. The van der Waals surface area contributed by atoms with Gasteiger partial charge in [0.05, 0.1) is 22.2 Å². The van der Waals surface area contributed by atoms with Crippen molar-refractivity contribution in [3.8, 4) is 0 Å². The van der Waals surface area contributed by atoms with E-state index in [4.69, 9.17) is 5.11 Å². The number of aromatic nitrogens is 5. The summed E-state index contributed by atoms with van der Waals surface area (Å²) in [6, 6.07) is 17.8. The molecule has 0 fully saturated rings. The number of aryl methyl sites for hydroxylation is 2. The van der Waals surface area contributed by atoms with Crippen LogP contribution in [0.1, 0.15) is 31.2 Å². The normalized spacial score (nSPS) is 11.5. The Kier molecular flexibility index (Phi) is 7.78. The molecule has 0 aliphatic heterocycles. The molecule has 3 aromatic heterocycles. The van der Waals surface area contributed by atoms with Crippen LogP contribution in [0.25, 0.3) is 11.0 Å². The van der Waals surface area contributed by atoms with E-state index in [2.05, 4.69) is 25.7 Å². The fourth-order valence-electron chi connectivity index (χ4n) is 4.23. The standard InChI is InChI=1S/C28H29N7O4S/c1-20-11-13-23(14-12-20)40(38,39)35-17-15-24-26(30-21-8-4-2-5-9-21)32-28(33-27(24)35)31-22-18-29-34(19-22)16-7-3-6-10-25(36)37/h2,4-5,8-9,11-15,17-19H,3,6-7,10,16H2,1H3,(H,36,37)(H2,30,31,32,33). The Hall–Kier alpha value is -4.71. The van der Waals surface area contributed by atoms with Crippen molar-refractivity contribution >= 4 is 50.2 Å². The molecule has 11 nitrogen and oxygen atoms in total. The molecule has 0 bridgehead atoms. The van der Waals surface area contributed by atoms with Crippen molar-refractivity contribution in [1.82, 2.24) is 23.7 Å². The van der Waals surface area contributed by atoms with E-state index >= 15 is 0 Å². The summed E-state index contributed by atoms with van der Waals surface area (Å²) in [4.78, 5) is 20.1. The number of carbonyl (C=O) groups is 1. The minimum absolute atomic E-state index is 0.158. The number of benzene rings is 2. The van der Waals surface area contributed by atoms with E-state index in [1.165, 1.54) is 6.20 Å². The van der Waals surface area contributed by atoms with E-state index in [0.29, 0.717) is 29.9 Å². The van der Waals surface area contributed by atoms with Crippen molar-refractivity contribution in [2.75, 3.05) is 10.6 Å². The Labute approximate surface area is 231 Å². The summed E-state index contributed by atoms with van der Waals surface area (Å²) < 4.78 is 30.0. The summed E-state index contributed by atoms with van der Waals surface area (Å²) >= 11 is 0. The van der Waals surface area contributed by atoms with Crippen LogP contribution in [-0.2, 0) is 21.4 Å². The zero-order valence-electron chi connectivity index (χ0n) is 21.9. The molecule has 0 saturated carbocycles. The fourth-order valence-corrected chi connectivity index (χ4v) is 5.52. The van der Waals surface area contributed by atoms with Gasteiger partial charge in [0.1, 0.15) is 5.82 Å². The summed E-state index contributed by atoms with van der Waals surface area (Å²) in [5.74, 6) is -0.144. The number of hydrogen-bond donors (Lipinski definition) is 3. The van der Waals surface area contributed by atoms with Gasteiger partial charge in [-0.15, -0.1) is 0 Å². The summed E-state index contributed by atoms with van der Waals surface area (Å²) in [6.45, 7) is 2.54. The Morgan fingerprint density at radius 1 is 0.925 bits per heavy atom. The highest BCUT2D eigenvalue weighted by atomic mass is 32.2. The van der Waals surface area contributed by atoms with Crippen LogP contribution in [0.15, 0.2) is 84.1 Å². The van der Waals surface area contributed by atoms with Crippen LogP contribution in [0.3, 0.4) is 0 Å². The lowest BCUT2D eigenvalue weighted by Crippen LogP contribution is -2.13. The largest absolute Gasteiger partial charge is 0.481 e. The zero-order chi connectivity index (χ0) is 28.1. The maximum atomic E-state index is 13.6. The van der Waals surface area contributed by atoms with Gasteiger partial charge in [-0.3, -0.25) is 9.48 Å². The van der Waals surface area contributed by atoms with Crippen molar-refractivity contribution in [2.24, 2.45) is 0 Å². The monoisotopic (exact) mass is 559 g/mol. The molecule has 0 unspecified atom stereocenters. The summed E-state index contributed by atoms with van der Waals surface area (Å²) in [5.41, 5.74) is 2.61. The fraction of sp³-hybridized carbons (Fsp3) is 0.214. The number of para-hydroxylation sites is 1. The van der Waals surface area contributed by atoms with Gasteiger partial charge in [0.15, 0.2) is 5.65 Å². The van der Waals surface area contributed by atoms with Crippen molar-refractivity contribution in [3.05, 3.63) is 84.8 Å². The van der Waals surface area contributed by atoms with Crippen LogP contribution in [0, 0.1) is 6.92 Å². The molecule has 0 amide bonds. The Bertz CT molecular complexity index is 1730. The van der Waals surface area contributed by atoms with Gasteiger partial charge in [-0.25, -0.2) is 12.4 Å². The third-order valence-corrected chi connectivity index (χ3v) is 7.97. The van der Waals surface area contributed by atoms with Gasteiger partial charge in [-0.1, -0.05) is 42.3 Å². The maximum absolute atomic E-state index is 13.6. The quantitative estimate of drug-likeness (QED) is 0.173. The van der Waals surface area contributed by atoms with Gasteiger partial charge < -0.3 is 15.7 Å². The highest BCUT2D eigenvalue weighted by Gasteiger charge is 2.22. The smallest absolute Gasteiger partial charge is 0.303 e. The number of unbranched alkanes of at least 4 members (excludes halogenated alkanes) is 2. The second-order valence-electron chi connectivity index (χ2n) is 9.38. The van der Waals surface area contributed by atoms with Crippen molar-refractivity contribution in [1.29, 1.82) is 0 Å². The number of anilines is 4. The van der Waals surface area contributed by atoms with Gasteiger partial charge >= 0.3 is 5.97 Å². The highest BCUT2D eigenvalue weighted by molar-refractivity contribution is 7.90. The summed E-state index contributed by atoms with van der Waals surface area (Å²) in [7, 11) is -3.92. The first-order valence-electron chi connectivity index (χ1n) is 12.8. The van der Waals surface area contributed by atoms with E-state index in [-0.39, 0.29) is 22.9 Å². The van der Waals surface area contributed by atoms with Crippen LogP contribution in [0.4, 0.5) is 23.1 Å². The Morgan fingerprint density at radius 2 is 1.70 bits per heavy atom. The molecule has 5 aromatic rings. The lowest BCUT2D eigenvalue weighted by atomic mass is 10.2. The van der Waals surface area contributed by atoms with E-state index in [0.717, 1.165) is 28.1 Å². The maximum Gasteiger partial charge on any atom is 0.303 e. The van der Waals surface area contributed by atoms with E-state index in [1.807, 2.05) is 37.3 Å². The Morgan fingerprint density at radius 3 is 2.45 bits per heavy atom. The van der Waals surface area contributed by atoms with Gasteiger partial charge in [0.2, 0.25) is 5.95 Å². The molecule has 5 rings (SSSR count). The topological polar surface area (TPSA) is 144 Å². The van der Waals surface area contributed by atoms with Crippen molar-refractivity contribution in [3.63, 3.8) is 0 Å². The molecular formula is C28H29N7O4S. The second kappa shape index (κ2) is 11.6. The Balaban J connectivity index is 1.45. The number of fused-ring (bicyclic) bond motifs is 1. The third-order valence-electron chi connectivity index (χ3n) is 6.29. The number of nitrogens with zero attached hydrogens (tertiary/aromatic N) is 5. The minimum Gasteiger partial charge on any atom is -0.481 e. The summed E-state index contributed by atoms with van der Waals surface area (Å²) in [6.07, 6.45) is 7.29. The van der Waals surface area contributed by atoms with Gasteiger partial charge in [0, 0.05) is 31.0 Å². The van der Waals surface area contributed by atoms with Crippen LogP contribution in [0.5, 0.6) is 0 Å². The highest BCUT2D eigenvalue weighted by Crippen LogP contribution is 2.29. The first-order chi connectivity index (χ1) is 19.3. The molecule has 0 radical (unpaired) electrons. The SMILES string of the molecule is Cc1ccc(S(=O)(=O)n2ccc3c(Nc4ccccc4)nc(Nc4cnn(CCCCCC(=O)O)c4)nc32)cc1. The molecule has 206 valence electrons. The number of hydrogen-bond acceptors (Lipinski definition) is 8. The lowest BCUT2D eigenvalue weighted by molar-refractivity contribution is -0.137. The molecule has 0 spiro atoms. The van der Waals surface area contributed by atoms with Crippen LogP contribution >= 0.6 is 0 Å². The molecule has 2 aromatic carbocycles. The van der Waals surface area contributed by atoms with Crippen LogP contribution < -0.4 is 10.6 Å². The van der Waals surface area contributed by atoms with E-state index < -0.39 is 16.0 Å². The van der Waals surface area contributed by atoms with E-state index in [1.54, 1.807) is 47.4 Å². The third kappa shape index (κ3) is 6.12.